The van der Waals surface area contributed by atoms with Crippen LogP contribution in [-0.4, -0.2) is 26.7 Å². The van der Waals surface area contributed by atoms with Gasteiger partial charge in [0.2, 0.25) is 0 Å². The molecule has 122 valence electrons. The quantitative estimate of drug-likeness (QED) is 0.796. The van der Waals surface area contributed by atoms with E-state index in [-0.39, 0.29) is 12.1 Å². The summed E-state index contributed by atoms with van der Waals surface area (Å²) in [4.78, 5) is 16.9. The Hall–Kier alpha value is -1.91. The second kappa shape index (κ2) is 5.95. The van der Waals surface area contributed by atoms with E-state index >= 15 is 0 Å². The monoisotopic (exact) mass is 313 g/mol. The van der Waals surface area contributed by atoms with Crippen LogP contribution in [0, 0.1) is 18.8 Å². The molecule has 2 saturated carbocycles. The van der Waals surface area contributed by atoms with Gasteiger partial charge in [-0.1, -0.05) is 25.7 Å². The van der Waals surface area contributed by atoms with Crippen molar-refractivity contribution < 1.29 is 9.53 Å². The highest BCUT2D eigenvalue weighted by Crippen LogP contribution is 2.41. The maximum Gasteiger partial charge on any atom is 0.344 e. The Balaban J connectivity index is 1.50. The van der Waals surface area contributed by atoms with E-state index in [4.69, 9.17) is 4.74 Å². The molecule has 2 fully saturated rings. The molecule has 0 aromatic carbocycles. The van der Waals surface area contributed by atoms with Gasteiger partial charge in [-0.15, -0.1) is 0 Å². The van der Waals surface area contributed by atoms with Crippen LogP contribution in [0.3, 0.4) is 0 Å². The number of carbonyl (C=O) groups excluding carboxylic acids is 1. The number of nitrogens with zero attached hydrogens (tertiary/aromatic N) is 3. The average molecular weight is 313 g/mol. The maximum absolute atomic E-state index is 12.7. The minimum Gasteiger partial charge on any atom is -0.459 e. The molecular formula is C18H23N3O2. The molecule has 2 aromatic heterocycles. The third-order valence-corrected chi connectivity index (χ3v) is 5.54. The number of carbonyl (C=O) groups is 1. The van der Waals surface area contributed by atoms with Gasteiger partial charge in [0.15, 0.2) is 5.65 Å². The molecule has 5 heteroatoms. The lowest BCUT2D eigenvalue weighted by Gasteiger charge is -2.38. The lowest BCUT2D eigenvalue weighted by molar-refractivity contribution is -0.000825. The topological polar surface area (TPSA) is 56.5 Å². The first-order valence-corrected chi connectivity index (χ1v) is 8.73. The van der Waals surface area contributed by atoms with Crippen LogP contribution in [-0.2, 0) is 4.74 Å². The van der Waals surface area contributed by atoms with Crippen LogP contribution in [0.5, 0.6) is 0 Å². The molecule has 2 aliphatic carbocycles. The molecule has 0 amide bonds. The predicted octanol–water partition coefficient (Wildman–Crippen LogP) is 3.55. The van der Waals surface area contributed by atoms with Gasteiger partial charge >= 0.3 is 5.97 Å². The maximum atomic E-state index is 12.7. The summed E-state index contributed by atoms with van der Waals surface area (Å²) in [6, 6.07) is 1.80. The minimum absolute atomic E-state index is 0.0555. The fraction of sp³-hybridized carbons (Fsp3) is 0.611. The van der Waals surface area contributed by atoms with Gasteiger partial charge in [0, 0.05) is 12.4 Å². The second-order valence-corrected chi connectivity index (χ2v) is 6.99. The number of fused-ring (bicyclic) bond motifs is 2. The molecule has 0 radical (unpaired) electrons. The van der Waals surface area contributed by atoms with Crippen LogP contribution in [0.25, 0.3) is 5.65 Å². The zero-order chi connectivity index (χ0) is 15.8. The highest BCUT2D eigenvalue weighted by molar-refractivity contribution is 5.97. The minimum atomic E-state index is -0.268. The SMILES string of the molecule is Cc1nn2cccnc2c1C(=O)OC1CCC2CCCCC2C1. The van der Waals surface area contributed by atoms with Crippen LogP contribution < -0.4 is 0 Å². The van der Waals surface area contributed by atoms with Crippen LogP contribution in [0.15, 0.2) is 18.5 Å². The molecule has 3 unspecified atom stereocenters. The van der Waals surface area contributed by atoms with Crippen molar-refractivity contribution in [2.24, 2.45) is 11.8 Å². The number of ether oxygens (including phenoxy) is 1. The summed E-state index contributed by atoms with van der Waals surface area (Å²) in [7, 11) is 0. The third kappa shape index (κ3) is 2.73. The second-order valence-electron chi connectivity index (χ2n) is 6.99. The third-order valence-electron chi connectivity index (χ3n) is 5.54. The summed E-state index contributed by atoms with van der Waals surface area (Å²) in [6.07, 6.45) is 12.1. The van der Waals surface area contributed by atoms with Gasteiger partial charge in [-0.3, -0.25) is 0 Å². The van der Waals surface area contributed by atoms with Crippen molar-refractivity contribution in [2.45, 2.75) is 58.0 Å². The molecule has 3 atom stereocenters. The number of esters is 1. The Morgan fingerprint density at radius 2 is 2.04 bits per heavy atom. The molecule has 2 aromatic rings. The van der Waals surface area contributed by atoms with Crippen molar-refractivity contribution in [1.82, 2.24) is 14.6 Å². The summed E-state index contributed by atoms with van der Waals surface area (Å²) in [5.74, 6) is 1.34. The zero-order valence-electron chi connectivity index (χ0n) is 13.6. The molecule has 2 aliphatic rings. The Labute approximate surface area is 136 Å². The number of rotatable bonds is 2. The van der Waals surface area contributed by atoms with E-state index in [0.717, 1.165) is 24.7 Å². The fourth-order valence-corrected chi connectivity index (χ4v) is 4.38. The van der Waals surface area contributed by atoms with Crippen molar-refractivity contribution >= 4 is 11.6 Å². The van der Waals surface area contributed by atoms with Crippen LogP contribution in [0.4, 0.5) is 0 Å². The van der Waals surface area contributed by atoms with Gasteiger partial charge in [-0.2, -0.15) is 5.10 Å². The lowest BCUT2D eigenvalue weighted by atomic mass is 9.70. The summed E-state index contributed by atoms with van der Waals surface area (Å²) >= 11 is 0. The Morgan fingerprint density at radius 3 is 2.91 bits per heavy atom. The molecule has 23 heavy (non-hydrogen) atoms. The van der Waals surface area contributed by atoms with Gasteiger partial charge in [0.1, 0.15) is 11.7 Å². The number of hydrogen-bond donors (Lipinski definition) is 0. The number of aryl methyl sites for hydroxylation is 1. The largest absolute Gasteiger partial charge is 0.459 e. The van der Waals surface area contributed by atoms with E-state index in [1.807, 2.05) is 6.92 Å². The highest BCUT2D eigenvalue weighted by atomic mass is 16.5. The molecule has 0 spiro atoms. The molecule has 4 rings (SSSR count). The Kier molecular flexibility index (Phi) is 3.79. The molecule has 5 nitrogen and oxygen atoms in total. The van der Waals surface area contributed by atoms with Crippen molar-refractivity contribution in [3.05, 3.63) is 29.7 Å². The van der Waals surface area contributed by atoms with Crippen LogP contribution in [0.2, 0.25) is 0 Å². The summed E-state index contributed by atoms with van der Waals surface area (Å²) in [6.45, 7) is 1.84. The summed E-state index contributed by atoms with van der Waals surface area (Å²) < 4.78 is 7.48. The van der Waals surface area contributed by atoms with E-state index in [2.05, 4.69) is 10.1 Å². The molecule has 0 aliphatic heterocycles. The van der Waals surface area contributed by atoms with E-state index in [1.54, 1.807) is 23.0 Å². The van der Waals surface area contributed by atoms with E-state index in [9.17, 15) is 4.79 Å². The molecule has 0 bridgehead atoms. The zero-order valence-corrected chi connectivity index (χ0v) is 13.6. The van der Waals surface area contributed by atoms with E-state index in [0.29, 0.717) is 16.9 Å². The number of hydrogen-bond acceptors (Lipinski definition) is 4. The standard InChI is InChI=1S/C18H23N3O2/c1-12-16(17-19-9-4-10-21(17)20-12)18(22)23-15-8-7-13-5-2-3-6-14(13)11-15/h4,9-10,13-15H,2-3,5-8,11H2,1H3. The van der Waals surface area contributed by atoms with Crippen molar-refractivity contribution in [2.75, 3.05) is 0 Å². The average Bonchev–Trinajstić information content (AvgIpc) is 2.90. The van der Waals surface area contributed by atoms with Gasteiger partial charge in [-0.05, 0) is 44.1 Å². The van der Waals surface area contributed by atoms with Gasteiger partial charge in [0.05, 0.1) is 5.69 Å². The van der Waals surface area contributed by atoms with Crippen molar-refractivity contribution in [3.63, 3.8) is 0 Å². The number of aromatic nitrogens is 3. The highest BCUT2D eigenvalue weighted by Gasteiger charge is 2.34. The van der Waals surface area contributed by atoms with E-state index in [1.165, 1.54) is 32.1 Å². The summed E-state index contributed by atoms with van der Waals surface area (Å²) in [5, 5.41) is 4.35. The van der Waals surface area contributed by atoms with Gasteiger partial charge in [0.25, 0.3) is 0 Å². The smallest absolute Gasteiger partial charge is 0.344 e. The normalized spacial score (nSPS) is 27.6. The van der Waals surface area contributed by atoms with Crippen LogP contribution in [0.1, 0.15) is 61.0 Å². The molecule has 2 heterocycles. The van der Waals surface area contributed by atoms with Crippen LogP contribution >= 0.6 is 0 Å². The first-order valence-electron chi connectivity index (χ1n) is 8.73. The molecule has 0 saturated heterocycles. The Morgan fingerprint density at radius 1 is 1.22 bits per heavy atom. The molecule has 0 N–H and O–H groups in total. The lowest BCUT2D eigenvalue weighted by Crippen LogP contribution is -2.33. The van der Waals surface area contributed by atoms with Gasteiger partial charge < -0.3 is 4.74 Å². The molecular weight excluding hydrogens is 290 g/mol. The van der Waals surface area contributed by atoms with Crippen molar-refractivity contribution in [3.8, 4) is 0 Å². The predicted molar refractivity (Wildman–Crippen MR) is 86.2 cm³/mol. The first kappa shape index (κ1) is 14.7. The summed E-state index contributed by atoms with van der Waals surface area (Å²) in [5.41, 5.74) is 1.78. The first-order chi connectivity index (χ1) is 11.2. The van der Waals surface area contributed by atoms with Gasteiger partial charge in [-0.25, -0.2) is 14.3 Å². The van der Waals surface area contributed by atoms with Crippen molar-refractivity contribution in [1.29, 1.82) is 0 Å². The Bertz CT molecular complexity index is 724. The fourth-order valence-electron chi connectivity index (χ4n) is 4.38. The van der Waals surface area contributed by atoms with E-state index < -0.39 is 0 Å².